The Labute approximate surface area is 151 Å². The van der Waals surface area contributed by atoms with Crippen LogP contribution in [0, 0.1) is 6.92 Å². The molecule has 0 atom stereocenters. The molecule has 0 saturated heterocycles. The van der Waals surface area contributed by atoms with E-state index in [1.807, 2.05) is 37.3 Å². The maximum absolute atomic E-state index is 13.3. The van der Waals surface area contributed by atoms with Crippen molar-refractivity contribution >= 4 is 22.8 Å². The summed E-state index contributed by atoms with van der Waals surface area (Å²) < 4.78 is 1.75. The van der Waals surface area contributed by atoms with E-state index in [1.54, 1.807) is 16.3 Å². The molecule has 0 bridgehead atoms. The van der Waals surface area contributed by atoms with E-state index in [0.29, 0.717) is 11.0 Å². The average Bonchev–Trinajstić information content (AvgIpc) is 2.62. The number of benzene rings is 1. The summed E-state index contributed by atoms with van der Waals surface area (Å²) >= 11 is 1.58. The Kier molecular flexibility index (Phi) is 4.34. The van der Waals surface area contributed by atoms with Crippen LogP contribution in [0.1, 0.15) is 36.6 Å². The molecule has 1 aliphatic rings. The van der Waals surface area contributed by atoms with Crippen molar-refractivity contribution in [1.29, 1.82) is 0 Å². The molecule has 2 heterocycles. The molecule has 5 heteroatoms. The van der Waals surface area contributed by atoms with Crippen molar-refractivity contribution < 1.29 is 0 Å². The highest BCUT2D eigenvalue weighted by Crippen LogP contribution is 2.25. The molecule has 0 radical (unpaired) electrons. The van der Waals surface area contributed by atoms with Crippen LogP contribution in [0.2, 0.25) is 0 Å². The molecule has 0 saturated carbocycles. The smallest absolute Gasteiger partial charge is 0.268 e. The van der Waals surface area contributed by atoms with E-state index in [-0.39, 0.29) is 5.56 Å². The fourth-order valence-electron chi connectivity index (χ4n) is 3.47. The van der Waals surface area contributed by atoms with Crippen LogP contribution in [0.4, 0.5) is 0 Å². The van der Waals surface area contributed by atoms with E-state index in [0.717, 1.165) is 40.7 Å². The number of aryl methyl sites for hydroxylation is 3. The van der Waals surface area contributed by atoms with E-state index in [2.05, 4.69) is 6.92 Å². The lowest BCUT2D eigenvalue weighted by Gasteiger charge is -2.17. The van der Waals surface area contributed by atoms with Crippen LogP contribution >= 0.6 is 11.8 Å². The molecule has 0 N–H and O–H groups in total. The lowest BCUT2D eigenvalue weighted by atomic mass is 9.95. The summed E-state index contributed by atoms with van der Waals surface area (Å²) in [6.07, 6.45) is 4.34. The minimum absolute atomic E-state index is 0.0175. The van der Waals surface area contributed by atoms with Gasteiger partial charge in [-0.3, -0.25) is 9.36 Å². The van der Waals surface area contributed by atoms with E-state index < -0.39 is 0 Å². The number of fused-ring (bicyclic) bond motifs is 2. The van der Waals surface area contributed by atoms with E-state index >= 15 is 0 Å². The van der Waals surface area contributed by atoms with Crippen molar-refractivity contribution in [3.8, 4) is 5.69 Å². The molecule has 0 fully saturated rings. The van der Waals surface area contributed by atoms with Crippen molar-refractivity contribution in [3.05, 3.63) is 57.5 Å². The zero-order valence-corrected chi connectivity index (χ0v) is 15.4. The van der Waals surface area contributed by atoms with Gasteiger partial charge in [-0.25, -0.2) is 9.97 Å². The summed E-state index contributed by atoms with van der Waals surface area (Å²) in [6.45, 7) is 4.10. The average molecular weight is 351 g/mol. The molecule has 3 aromatic rings. The number of para-hydroxylation sites is 1. The third-order valence-electron chi connectivity index (χ3n) is 4.74. The first-order chi connectivity index (χ1) is 12.2. The molecular formula is C20H21N3OS. The fraction of sp³-hybridized carbons (Fsp3) is 0.350. The molecule has 1 aliphatic carbocycles. The largest absolute Gasteiger partial charge is 0.268 e. The second-order valence-electron chi connectivity index (χ2n) is 6.43. The Morgan fingerprint density at radius 2 is 1.96 bits per heavy atom. The van der Waals surface area contributed by atoms with Crippen LogP contribution in [0.3, 0.4) is 0 Å². The van der Waals surface area contributed by atoms with E-state index in [9.17, 15) is 4.79 Å². The number of hydrogen-bond donors (Lipinski definition) is 0. The van der Waals surface area contributed by atoms with Gasteiger partial charge in [-0.2, -0.15) is 0 Å². The lowest BCUT2D eigenvalue weighted by molar-refractivity contribution is 0.669. The molecule has 1 aromatic carbocycles. The topological polar surface area (TPSA) is 47.8 Å². The molecule has 2 aromatic heterocycles. The Bertz CT molecular complexity index is 1010. The normalized spacial score (nSPS) is 13.8. The van der Waals surface area contributed by atoms with Gasteiger partial charge in [0.2, 0.25) is 0 Å². The molecule has 25 heavy (non-hydrogen) atoms. The number of hydrogen-bond acceptors (Lipinski definition) is 4. The van der Waals surface area contributed by atoms with Crippen molar-refractivity contribution in [3.63, 3.8) is 0 Å². The van der Waals surface area contributed by atoms with E-state index in [1.165, 1.54) is 18.4 Å². The van der Waals surface area contributed by atoms with E-state index in [4.69, 9.17) is 9.97 Å². The lowest BCUT2D eigenvalue weighted by Crippen LogP contribution is -2.23. The van der Waals surface area contributed by atoms with Crippen LogP contribution in [0.5, 0.6) is 0 Å². The van der Waals surface area contributed by atoms with Crippen LogP contribution in [0.25, 0.3) is 16.7 Å². The number of aromatic nitrogens is 3. The van der Waals surface area contributed by atoms with Gasteiger partial charge in [-0.15, -0.1) is 0 Å². The van der Waals surface area contributed by atoms with Crippen LogP contribution in [-0.4, -0.2) is 20.3 Å². The Hall–Kier alpha value is -2.14. The third kappa shape index (κ3) is 2.86. The molecular weight excluding hydrogens is 330 g/mol. The fourth-order valence-corrected chi connectivity index (χ4v) is 4.19. The summed E-state index contributed by atoms with van der Waals surface area (Å²) in [5.41, 5.74) is 4.87. The third-order valence-corrected chi connectivity index (χ3v) is 5.56. The zero-order chi connectivity index (χ0) is 17.4. The first kappa shape index (κ1) is 16.3. The van der Waals surface area contributed by atoms with Gasteiger partial charge in [0, 0.05) is 5.69 Å². The summed E-state index contributed by atoms with van der Waals surface area (Å²) in [6, 6.07) is 9.99. The van der Waals surface area contributed by atoms with Gasteiger partial charge in [0.05, 0.1) is 11.1 Å². The van der Waals surface area contributed by atoms with Gasteiger partial charge in [0.1, 0.15) is 0 Å². The summed E-state index contributed by atoms with van der Waals surface area (Å²) in [4.78, 5) is 22.8. The van der Waals surface area contributed by atoms with Crippen LogP contribution < -0.4 is 5.56 Å². The van der Waals surface area contributed by atoms with Crippen LogP contribution in [0.15, 0.2) is 40.3 Å². The molecule has 0 unspecified atom stereocenters. The molecule has 128 valence electrons. The second kappa shape index (κ2) is 6.64. The van der Waals surface area contributed by atoms with Gasteiger partial charge >= 0.3 is 0 Å². The summed E-state index contributed by atoms with van der Waals surface area (Å²) in [7, 11) is 0. The highest BCUT2D eigenvalue weighted by molar-refractivity contribution is 7.99. The van der Waals surface area contributed by atoms with Gasteiger partial charge in [0.15, 0.2) is 10.8 Å². The minimum Gasteiger partial charge on any atom is -0.268 e. The van der Waals surface area contributed by atoms with Crippen molar-refractivity contribution in [2.45, 2.75) is 44.7 Å². The summed E-state index contributed by atoms with van der Waals surface area (Å²) in [5.74, 6) is 0.856. The van der Waals surface area contributed by atoms with Gasteiger partial charge in [-0.1, -0.05) is 36.9 Å². The van der Waals surface area contributed by atoms with Crippen molar-refractivity contribution in [2.75, 3.05) is 5.75 Å². The number of thioether (sulfide) groups is 1. The monoisotopic (exact) mass is 351 g/mol. The number of rotatable bonds is 3. The molecule has 0 spiro atoms. The first-order valence-electron chi connectivity index (χ1n) is 8.83. The highest BCUT2D eigenvalue weighted by Gasteiger charge is 2.18. The number of pyridine rings is 1. The second-order valence-corrected chi connectivity index (χ2v) is 7.66. The quantitative estimate of drug-likeness (QED) is 0.527. The molecule has 4 rings (SSSR count). The first-order valence-corrected chi connectivity index (χ1v) is 9.82. The Morgan fingerprint density at radius 1 is 1.16 bits per heavy atom. The van der Waals surface area contributed by atoms with Gasteiger partial charge < -0.3 is 0 Å². The standard InChI is InChI=1S/C20H21N3OS/c1-3-25-20-22-18-15(12-14-9-5-6-10-16(14)21-18)19(24)23(20)17-11-7-4-8-13(17)2/h4,7-8,11-12H,3,5-6,9-10H2,1-2H3. The van der Waals surface area contributed by atoms with Crippen molar-refractivity contribution in [1.82, 2.24) is 14.5 Å². The minimum atomic E-state index is -0.0175. The molecule has 0 aliphatic heterocycles. The Balaban J connectivity index is 2.04. The highest BCUT2D eigenvalue weighted by atomic mass is 32.2. The Morgan fingerprint density at radius 3 is 2.76 bits per heavy atom. The van der Waals surface area contributed by atoms with Gasteiger partial charge in [-0.05, 0) is 61.6 Å². The van der Waals surface area contributed by atoms with Gasteiger partial charge in [0.25, 0.3) is 5.56 Å². The predicted octanol–water partition coefficient (Wildman–Crippen LogP) is 4.08. The summed E-state index contributed by atoms with van der Waals surface area (Å²) in [5, 5.41) is 1.35. The maximum Gasteiger partial charge on any atom is 0.268 e. The van der Waals surface area contributed by atoms with Crippen molar-refractivity contribution in [2.24, 2.45) is 0 Å². The maximum atomic E-state index is 13.3. The van der Waals surface area contributed by atoms with Crippen LogP contribution in [-0.2, 0) is 12.8 Å². The molecule has 0 amide bonds. The SMILES string of the molecule is CCSc1nc2nc3c(cc2c(=O)n1-c1ccccc1C)CCCC3. The molecule has 4 nitrogen and oxygen atoms in total. The zero-order valence-electron chi connectivity index (χ0n) is 14.6. The number of nitrogens with zero attached hydrogens (tertiary/aromatic N) is 3. The predicted molar refractivity (Wildman–Crippen MR) is 103 cm³/mol.